The molecule has 1 heterocycles. The second-order valence-electron chi connectivity index (χ2n) is 5.31. The van der Waals surface area contributed by atoms with E-state index in [4.69, 9.17) is 4.74 Å². The summed E-state index contributed by atoms with van der Waals surface area (Å²) in [6.07, 6.45) is 2.97. The van der Waals surface area contributed by atoms with Crippen LogP contribution in [0.5, 0.6) is 0 Å². The van der Waals surface area contributed by atoms with Crippen LogP contribution < -0.4 is 0 Å². The Hall–Kier alpha value is -0.250. The number of carbonyl (C=O) groups excluding carboxylic acids is 1. The quantitative estimate of drug-likeness (QED) is 0.692. The lowest BCUT2D eigenvalue weighted by Crippen LogP contribution is -2.50. The summed E-state index contributed by atoms with van der Waals surface area (Å²) >= 11 is 3.65. The SMILES string of the molecule is CCC1C(Br)CCCN1C(=O)OC(C)(C)C. The van der Waals surface area contributed by atoms with Gasteiger partial charge in [-0.3, -0.25) is 0 Å². The number of alkyl halides is 1. The normalized spacial score (nSPS) is 26.7. The molecule has 0 aromatic heterocycles. The number of hydrogen-bond donors (Lipinski definition) is 0. The Morgan fingerprint density at radius 2 is 2.12 bits per heavy atom. The lowest BCUT2D eigenvalue weighted by molar-refractivity contribution is 0.0107. The lowest BCUT2D eigenvalue weighted by Gasteiger charge is -2.39. The average Bonchev–Trinajstić information content (AvgIpc) is 2.14. The fourth-order valence-electron chi connectivity index (χ4n) is 2.03. The lowest BCUT2D eigenvalue weighted by atomic mass is 10.0. The largest absolute Gasteiger partial charge is 0.444 e. The molecule has 0 aromatic rings. The number of halogens is 1. The molecule has 1 amide bonds. The number of nitrogens with zero attached hydrogens (tertiary/aromatic N) is 1. The molecule has 1 aliphatic rings. The van der Waals surface area contributed by atoms with Gasteiger partial charge in [-0.15, -0.1) is 0 Å². The van der Waals surface area contributed by atoms with Crippen LogP contribution in [0.1, 0.15) is 47.0 Å². The molecule has 3 nitrogen and oxygen atoms in total. The molecule has 1 saturated heterocycles. The predicted molar refractivity (Wildman–Crippen MR) is 69.0 cm³/mol. The Morgan fingerprint density at radius 3 is 2.62 bits per heavy atom. The van der Waals surface area contributed by atoms with Gasteiger partial charge in [0.05, 0.1) is 0 Å². The molecule has 0 N–H and O–H groups in total. The Balaban J connectivity index is 2.66. The van der Waals surface area contributed by atoms with Crippen LogP contribution >= 0.6 is 15.9 Å². The fourth-order valence-corrected chi connectivity index (χ4v) is 3.02. The van der Waals surface area contributed by atoms with Gasteiger partial charge in [-0.25, -0.2) is 4.79 Å². The van der Waals surface area contributed by atoms with Crippen molar-refractivity contribution in [2.45, 2.75) is 63.4 Å². The summed E-state index contributed by atoms with van der Waals surface area (Å²) in [5, 5.41) is 0. The Labute approximate surface area is 107 Å². The topological polar surface area (TPSA) is 29.5 Å². The van der Waals surface area contributed by atoms with E-state index in [2.05, 4.69) is 22.9 Å². The first-order valence-corrected chi connectivity index (χ1v) is 6.90. The molecule has 0 spiro atoms. The number of carbonyl (C=O) groups is 1. The minimum Gasteiger partial charge on any atom is -0.444 e. The summed E-state index contributed by atoms with van der Waals surface area (Å²) in [5.74, 6) is 0. The van der Waals surface area contributed by atoms with Gasteiger partial charge in [0.2, 0.25) is 0 Å². The summed E-state index contributed by atoms with van der Waals surface area (Å²) in [7, 11) is 0. The molecule has 0 saturated carbocycles. The van der Waals surface area contributed by atoms with E-state index in [9.17, 15) is 4.79 Å². The zero-order chi connectivity index (χ0) is 12.3. The summed E-state index contributed by atoms with van der Waals surface area (Å²) < 4.78 is 5.42. The van der Waals surface area contributed by atoms with Crippen LogP contribution in [0.25, 0.3) is 0 Å². The van der Waals surface area contributed by atoms with Crippen LogP contribution in [-0.2, 0) is 4.74 Å². The molecule has 1 fully saturated rings. The molecule has 94 valence electrons. The highest BCUT2D eigenvalue weighted by Gasteiger charge is 2.33. The molecule has 0 aromatic carbocycles. The smallest absolute Gasteiger partial charge is 0.410 e. The third-order valence-corrected chi connectivity index (χ3v) is 3.81. The minimum absolute atomic E-state index is 0.177. The summed E-state index contributed by atoms with van der Waals surface area (Å²) in [4.78, 5) is 14.3. The van der Waals surface area contributed by atoms with E-state index in [0.29, 0.717) is 4.83 Å². The summed E-state index contributed by atoms with van der Waals surface area (Å²) in [6, 6.07) is 0.267. The van der Waals surface area contributed by atoms with Gasteiger partial charge in [-0.2, -0.15) is 0 Å². The van der Waals surface area contributed by atoms with Gasteiger partial charge in [0.25, 0.3) is 0 Å². The highest BCUT2D eigenvalue weighted by atomic mass is 79.9. The van der Waals surface area contributed by atoms with Gasteiger partial charge < -0.3 is 9.64 Å². The maximum absolute atomic E-state index is 12.0. The molecule has 16 heavy (non-hydrogen) atoms. The van der Waals surface area contributed by atoms with Crippen molar-refractivity contribution < 1.29 is 9.53 Å². The van der Waals surface area contributed by atoms with Gasteiger partial charge in [-0.1, -0.05) is 22.9 Å². The number of rotatable bonds is 1. The zero-order valence-electron chi connectivity index (χ0n) is 10.6. The third-order valence-electron chi connectivity index (χ3n) is 2.74. The summed E-state index contributed by atoms with van der Waals surface area (Å²) in [6.45, 7) is 8.64. The van der Waals surface area contributed by atoms with Gasteiger partial charge in [0, 0.05) is 17.4 Å². The van der Waals surface area contributed by atoms with E-state index in [-0.39, 0.29) is 12.1 Å². The van der Waals surface area contributed by atoms with Crippen molar-refractivity contribution in [1.82, 2.24) is 4.90 Å². The first kappa shape index (κ1) is 13.8. The van der Waals surface area contributed by atoms with Crippen LogP contribution in [0.15, 0.2) is 0 Å². The van der Waals surface area contributed by atoms with E-state index in [1.807, 2.05) is 25.7 Å². The number of ether oxygens (including phenoxy) is 1. The molecule has 0 bridgehead atoms. The van der Waals surface area contributed by atoms with E-state index < -0.39 is 5.60 Å². The third kappa shape index (κ3) is 3.65. The molecule has 2 atom stereocenters. The van der Waals surface area contributed by atoms with Crippen molar-refractivity contribution in [1.29, 1.82) is 0 Å². The minimum atomic E-state index is -0.408. The number of hydrogen-bond acceptors (Lipinski definition) is 2. The fraction of sp³-hybridized carbons (Fsp3) is 0.917. The van der Waals surface area contributed by atoms with E-state index in [1.165, 1.54) is 0 Å². The van der Waals surface area contributed by atoms with Crippen LogP contribution in [0, 0.1) is 0 Å². The van der Waals surface area contributed by atoms with Crippen LogP contribution in [0.2, 0.25) is 0 Å². The van der Waals surface area contributed by atoms with Crippen LogP contribution in [-0.4, -0.2) is 34.0 Å². The number of piperidine rings is 1. The molecule has 0 radical (unpaired) electrons. The Morgan fingerprint density at radius 1 is 1.50 bits per heavy atom. The van der Waals surface area contributed by atoms with E-state index in [0.717, 1.165) is 25.8 Å². The van der Waals surface area contributed by atoms with Gasteiger partial charge in [0.15, 0.2) is 0 Å². The number of likely N-dealkylation sites (tertiary alicyclic amines) is 1. The summed E-state index contributed by atoms with van der Waals surface area (Å²) in [5.41, 5.74) is -0.408. The maximum atomic E-state index is 12.0. The van der Waals surface area contributed by atoms with E-state index in [1.54, 1.807) is 0 Å². The van der Waals surface area contributed by atoms with Crippen molar-refractivity contribution in [2.24, 2.45) is 0 Å². The van der Waals surface area contributed by atoms with Crippen molar-refractivity contribution in [3.63, 3.8) is 0 Å². The molecule has 4 heteroatoms. The molecule has 2 unspecified atom stereocenters. The monoisotopic (exact) mass is 291 g/mol. The maximum Gasteiger partial charge on any atom is 0.410 e. The van der Waals surface area contributed by atoms with Crippen molar-refractivity contribution >= 4 is 22.0 Å². The van der Waals surface area contributed by atoms with Gasteiger partial charge in [0.1, 0.15) is 5.60 Å². The highest BCUT2D eigenvalue weighted by molar-refractivity contribution is 9.09. The standard InChI is InChI=1S/C12H22BrNO2/c1-5-10-9(13)7-6-8-14(10)11(15)16-12(2,3)4/h9-10H,5-8H2,1-4H3. The van der Waals surface area contributed by atoms with E-state index >= 15 is 0 Å². The van der Waals surface area contributed by atoms with Crippen LogP contribution in [0.3, 0.4) is 0 Å². The molecular formula is C12H22BrNO2. The Bertz CT molecular complexity index is 250. The van der Waals surface area contributed by atoms with Crippen molar-refractivity contribution in [2.75, 3.05) is 6.54 Å². The second kappa shape index (κ2) is 5.39. The first-order valence-electron chi connectivity index (χ1n) is 5.99. The van der Waals surface area contributed by atoms with Gasteiger partial charge in [-0.05, 0) is 40.0 Å². The van der Waals surface area contributed by atoms with Crippen molar-refractivity contribution in [3.05, 3.63) is 0 Å². The molecular weight excluding hydrogens is 270 g/mol. The van der Waals surface area contributed by atoms with Crippen LogP contribution in [0.4, 0.5) is 4.79 Å². The highest BCUT2D eigenvalue weighted by Crippen LogP contribution is 2.27. The first-order chi connectivity index (χ1) is 7.35. The molecule has 1 rings (SSSR count). The second-order valence-corrected chi connectivity index (χ2v) is 6.48. The predicted octanol–water partition coefficient (Wildman–Crippen LogP) is 3.56. The average molecular weight is 292 g/mol. The van der Waals surface area contributed by atoms with Crippen molar-refractivity contribution in [3.8, 4) is 0 Å². The number of amides is 1. The zero-order valence-corrected chi connectivity index (χ0v) is 12.2. The Kier molecular flexibility index (Phi) is 4.65. The molecule has 1 aliphatic heterocycles. The van der Waals surface area contributed by atoms with Gasteiger partial charge >= 0.3 is 6.09 Å². The molecule has 0 aliphatic carbocycles.